The molecule has 0 saturated carbocycles. The van der Waals surface area contributed by atoms with Crippen molar-refractivity contribution in [2.75, 3.05) is 18.8 Å². The van der Waals surface area contributed by atoms with Crippen LogP contribution in [-0.4, -0.2) is 39.7 Å². The first-order chi connectivity index (χ1) is 13.6. The summed E-state index contributed by atoms with van der Waals surface area (Å²) < 4.78 is 4.87. The molecule has 0 atom stereocenters. The lowest BCUT2D eigenvalue weighted by atomic mass is 9.87. The number of nitrogens with zero attached hydrogens (tertiary/aromatic N) is 4. The number of rotatable bonds is 5. The van der Waals surface area contributed by atoms with Crippen molar-refractivity contribution < 1.29 is 4.79 Å². The number of benzene rings is 1. The summed E-state index contributed by atoms with van der Waals surface area (Å²) in [5, 5.41) is 4.80. The van der Waals surface area contributed by atoms with E-state index < -0.39 is 0 Å². The summed E-state index contributed by atoms with van der Waals surface area (Å²) in [6.07, 6.45) is 4.74. The minimum atomic E-state index is -0.118. The van der Waals surface area contributed by atoms with E-state index >= 15 is 0 Å². The SMILES string of the molecule is CN(C)C(=O)c1cnn(-c2ncc(Cl)cc2NSc2ccc(C(C)(C)C)cc2)c1. The molecule has 0 aliphatic rings. The molecular formula is C21H24ClN5OS. The fourth-order valence-electron chi connectivity index (χ4n) is 2.63. The average molecular weight is 430 g/mol. The van der Waals surface area contributed by atoms with Gasteiger partial charge < -0.3 is 9.62 Å². The average Bonchev–Trinajstić information content (AvgIpc) is 3.15. The highest BCUT2D eigenvalue weighted by atomic mass is 35.5. The van der Waals surface area contributed by atoms with Crippen molar-refractivity contribution in [3.63, 3.8) is 0 Å². The number of carbonyl (C=O) groups excluding carboxylic acids is 1. The van der Waals surface area contributed by atoms with Gasteiger partial charge in [0.05, 0.1) is 22.5 Å². The topological polar surface area (TPSA) is 63.1 Å². The Labute approximate surface area is 180 Å². The van der Waals surface area contributed by atoms with Crippen LogP contribution in [-0.2, 0) is 5.41 Å². The van der Waals surface area contributed by atoms with E-state index in [1.165, 1.54) is 28.6 Å². The van der Waals surface area contributed by atoms with Gasteiger partial charge in [0.2, 0.25) is 0 Å². The van der Waals surface area contributed by atoms with Crippen LogP contribution in [0.1, 0.15) is 36.7 Å². The fraction of sp³-hybridized carbons (Fsp3) is 0.286. The molecule has 0 spiro atoms. The zero-order chi connectivity index (χ0) is 21.2. The van der Waals surface area contributed by atoms with Crippen molar-refractivity contribution in [3.05, 3.63) is 65.1 Å². The Bertz CT molecular complexity index is 1010. The van der Waals surface area contributed by atoms with Crippen molar-refractivity contribution in [2.24, 2.45) is 0 Å². The van der Waals surface area contributed by atoms with E-state index in [0.29, 0.717) is 22.1 Å². The minimum Gasteiger partial charge on any atom is -0.345 e. The number of hydrogen-bond acceptors (Lipinski definition) is 5. The van der Waals surface area contributed by atoms with Crippen molar-refractivity contribution in [2.45, 2.75) is 31.1 Å². The molecule has 0 radical (unpaired) electrons. The molecule has 0 unspecified atom stereocenters. The van der Waals surface area contributed by atoms with Gasteiger partial charge in [0.15, 0.2) is 5.82 Å². The molecule has 29 heavy (non-hydrogen) atoms. The minimum absolute atomic E-state index is 0.114. The third kappa shape index (κ3) is 5.10. The molecule has 2 heterocycles. The Kier molecular flexibility index (Phi) is 6.19. The van der Waals surface area contributed by atoms with E-state index in [1.54, 1.807) is 37.2 Å². The maximum absolute atomic E-state index is 12.1. The van der Waals surface area contributed by atoms with Gasteiger partial charge in [0.1, 0.15) is 0 Å². The zero-order valence-corrected chi connectivity index (χ0v) is 18.7. The summed E-state index contributed by atoms with van der Waals surface area (Å²) in [6, 6.07) is 10.2. The third-order valence-electron chi connectivity index (χ3n) is 4.29. The summed E-state index contributed by atoms with van der Waals surface area (Å²) in [5.74, 6) is 0.444. The Morgan fingerprint density at radius 2 is 1.86 bits per heavy atom. The Hall–Kier alpha value is -2.51. The number of halogens is 1. The van der Waals surface area contributed by atoms with Crippen molar-refractivity contribution in [3.8, 4) is 5.82 Å². The predicted octanol–water partition coefficient (Wildman–Crippen LogP) is 5.04. The highest BCUT2D eigenvalue weighted by molar-refractivity contribution is 8.00. The second-order valence-corrected chi connectivity index (χ2v) is 9.19. The summed E-state index contributed by atoms with van der Waals surface area (Å²) in [4.78, 5) is 19.1. The number of hydrogen-bond donors (Lipinski definition) is 1. The maximum Gasteiger partial charge on any atom is 0.256 e. The normalized spacial score (nSPS) is 11.4. The Balaban J connectivity index is 1.82. The lowest BCUT2D eigenvalue weighted by Crippen LogP contribution is -2.21. The van der Waals surface area contributed by atoms with Gasteiger partial charge in [0.25, 0.3) is 5.91 Å². The van der Waals surface area contributed by atoms with Crippen molar-refractivity contribution in [1.82, 2.24) is 19.7 Å². The standard InChI is InChI=1S/C21H24ClN5OS/c1-21(2,3)15-6-8-17(9-7-15)29-25-18-10-16(22)12-23-19(18)27-13-14(11-24-27)20(28)26(4)5/h6-13,25H,1-5H3. The number of carbonyl (C=O) groups is 1. The van der Waals surface area contributed by atoms with Crippen LogP contribution in [0, 0.1) is 0 Å². The molecular weight excluding hydrogens is 406 g/mol. The number of anilines is 1. The van der Waals surface area contributed by atoms with Crippen LogP contribution >= 0.6 is 23.5 Å². The van der Waals surface area contributed by atoms with Crippen LogP contribution in [0.2, 0.25) is 5.02 Å². The molecule has 0 saturated heterocycles. The van der Waals surface area contributed by atoms with E-state index in [0.717, 1.165) is 4.90 Å². The molecule has 152 valence electrons. The van der Waals surface area contributed by atoms with Crippen molar-refractivity contribution >= 4 is 35.1 Å². The molecule has 0 aliphatic heterocycles. The first-order valence-corrected chi connectivity index (χ1v) is 10.3. The van der Waals surface area contributed by atoms with Crippen LogP contribution < -0.4 is 4.72 Å². The van der Waals surface area contributed by atoms with Gasteiger partial charge in [-0.15, -0.1) is 0 Å². The quantitative estimate of drug-likeness (QED) is 0.575. The number of nitrogens with one attached hydrogen (secondary N) is 1. The smallest absolute Gasteiger partial charge is 0.256 e. The molecule has 0 bridgehead atoms. The van der Waals surface area contributed by atoms with Gasteiger partial charge in [-0.1, -0.05) is 44.5 Å². The first kappa shape index (κ1) is 21.2. The molecule has 1 N–H and O–H groups in total. The Morgan fingerprint density at radius 3 is 2.48 bits per heavy atom. The van der Waals surface area contributed by atoms with Crippen LogP contribution in [0.3, 0.4) is 0 Å². The second-order valence-electron chi connectivity index (χ2n) is 7.88. The lowest BCUT2D eigenvalue weighted by molar-refractivity contribution is 0.0827. The van der Waals surface area contributed by atoms with Crippen LogP contribution in [0.25, 0.3) is 5.82 Å². The summed E-state index contributed by atoms with van der Waals surface area (Å²) in [6.45, 7) is 6.57. The van der Waals surface area contributed by atoms with E-state index in [2.05, 4.69) is 59.8 Å². The second kappa shape index (κ2) is 8.47. The van der Waals surface area contributed by atoms with Crippen LogP contribution in [0.15, 0.2) is 53.8 Å². The van der Waals surface area contributed by atoms with Gasteiger partial charge in [-0.3, -0.25) is 4.79 Å². The molecule has 6 nitrogen and oxygen atoms in total. The number of amides is 1. The molecule has 1 amide bonds. The molecule has 8 heteroatoms. The molecule has 2 aromatic heterocycles. The molecule has 0 fully saturated rings. The van der Waals surface area contributed by atoms with Gasteiger partial charge in [-0.25, -0.2) is 9.67 Å². The predicted molar refractivity (Wildman–Crippen MR) is 119 cm³/mol. The van der Waals surface area contributed by atoms with Gasteiger partial charge in [-0.05, 0) is 41.1 Å². The molecule has 1 aromatic carbocycles. The Morgan fingerprint density at radius 1 is 1.17 bits per heavy atom. The molecule has 3 rings (SSSR count). The molecule has 3 aromatic rings. The highest BCUT2D eigenvalue weighted by Crippen LogP contribution is 2.29. The van der Waals surface area contributed by atoms with Crippen LogP contribution in [0.5, 0.6) is 0 Å². The number of aromatic nitrogens is 3. The largest absolute Gasteiger partial charge is 0.345 e. The van der Waals surface area contributed by atoms with E-state index in [1.807, 2.05) is 0 Å². The first-order valence-electron chi connectivity index (χ1n) is 9.11. The maximum atomic E-state index is 12.1. The van der Waals surface area contributed by atoms with E-state index in [4.69, 9.17) is 11.6 Å². The highest BCUT2D eigenvalue weighted by Gasteiger charge is 2.15. The third-order valence-corrected chi connectivity index (χ3v) is 5.32. The summed E-state index contributed by atoms with van der Waals surface area (Å²) in [5.41, 5.74) is 2.58. The lowest BCUT2D eigenvalue weighted by Gasteiger charge is -2.19. The molecule has 0 aliphatic carbocycles. The van der Waals surface area contributed by atoms with E-state index in [-0.39, 0.29) is 11.3 Å². The van der Waals surface area contributed by atoms with Crippen LogP contribution in [0.4, 0.5) is 5.69 Å². The number of pyridine rings is 1. The monoisotopic (exact) mass is 429 g/mol. The van der Waals surface area contributed by atoms with E-state index in [9.17, 15) is 4.79 Å². The summed E-state index contributed by atoms with van der Waals surface area (Å²) in [7, 11) is 3.41. The van der Waals surface area contributed by atoms with Gasteiger partial charge >= 0.3 is 0 Å². The van der Waals surface area contributed by atoms with Crippen molar-refractivity contribution in [1.29, 1.82) is 0 Å². The van der Waals surface area contributed by atoms with Gasteiger partial charge in [-0.2, -0.15) is 5.10 Å². The van der Waals surface area contributed by atoms with Gasteiger partial charge in [0, 0.05) is 31.4 Å². The fourth-order valence-corrected chi connectivity index (χ4v) is 3.44. The zero-order valence-electron chi connectivity index (χ0n) is 17.1. The summed E-state index contributed by atoms with van der Waals surface area (Å²) >= 11 is 7.62.